The van der Waals surface area contributed by atoms with Gasteiger partial charge in [0, 0.05) is 11.3 Å². The fraction of sp³-hybridized carbons (Fsp3) is 0.143. The Labute approximate surface area is 277 Å². The van der Waals surface area contributed by atoms with Crippen molar-refractivity contribution < 1.29 is 33.3 Å². The van der Waals surface area contributed by atoms with Crippen LogP contribution in [-0.2, 0) is 21.9 Å². The number of amides is 1. The molecule has 236 valence electrons. The third-order valence-electron chi connectivity index (χ3n) is 7.56. The zero-order valence-corrected chi connectivity index (χ0v) is 26.3. The zero-order valence-electron chi connectivity index (χ0n) is 24.7. The number of hydrogen-bond acceptors (Lipinski definition) is 10. The van der Waals surface area contributed by atoms with Gasteiger partial charge >= 0.3 is 5.91 Å². The number of ether oxygens (including phenoxy) is 3. The van der Waals surface area contributed by atoms with Gasteiger partial charge in [0.2, 0.25) is 5.13 Å². The van der Waals surface area contributed by atoms with E-state index in [2.05, 4.69) is 10.2 Å². The lowest BCUT2D eigenvalue weighted by Gasteiger charge is -2.23. The van der Waals surface area contributed by atoms with Crippen LogP contribution in [0.5, 0.6) is 17.2 Å². The molecule has 47 heavy (non-hydrogen) atoms. The number of rotatable bonds is 9. The molecule has 3 heterocycles. The summed E-state index contributed by atoms with van der Waals surface area (Å²) in [6.07, 6.45) is 0. The molecule has 0 aliphatic carbocycles. The molecule has 9 nitrogen and oxygen atoms in total. The second kappa shape index (κ2) is 13.3. The Kier molecular flexibility index (Phi) is 8.60. The monoisotopic (exact) mass is 667 g/mol. The van der Waals surface area contributed by atoms with Gasteiger partial charge in [-0.1, -0.05) is 77.7 Å². The summed E-state index contributed by atoms with van der Waals surface area (Å²) >= 11 is 2.52. The predicted octanol–water partition coefficient (Wildman–Crippen LogP) is 6.95. The average molecular weight is 668 g/mol. The molecule has 2 aliphatic heterocycles. The van der Waals surface area contributed by atoms with E-state index < -0.39 is 17.7 Å². The number of Topliss-reactive ketones (excluding diaryl/α,β-unsaturated/α-hetero) is 1. The summed E-state index contributed by atoms with van der Waals surface area (Å²) in [7, 11) is 0. The lowest BCUT2D eigenvalue weighted by molar-refractivity contribution is -0.132. The zero-order chi connectivity index (χ0) is 32.3. The van der Waals surface area contributed by atoms with Gasteiger partial charge in [-0.25, -0.2) is 4.39 Å². The highest BCUT2D eigenvalue weighted by atomic mass is 32.2. The van der Waals surface area contributed by atoms with E-state index in [0.717, 1.165) is 22.5 Å². The molecule has 4 aromatic carbocycles. The van der Waals surface area contributed by atoms with Crippen LogP contribution in [0, 0.1) is 5.82 Å². The summed E-state index contributed by atoms with van der Waals surface area (Å²) in [4.78, 5) is 28.7. The second-order valence-electron chi connectivity index (χ2n) is 10.6. The molecule has 1 N–H and O–H groups in total. The minimum Gasteiger partial charge on any atom is -0.507 e. The predicted molar refractivity (Wildman–Crippen MR) is 175 cm³/mol. The molecule has 1 aromatic heterocycles. The van der Waals surface area contributed by atoms with Crippen molar-refractivity contribution in [1.82, 2.24) is 10.2 Å². The molecule has 1 fully saturated rings. The van der Waals surface area contributed by atoms with E-state index in [9.17, 15) is 19.1 Å². The lowest BCUT2D eigenvalue weighted by Crippen LogP contribution is -2.29. The SMILES string of the molecule is O=C1C(=O)N(c2nnc(SCc3ccc(F)cc3)s2)[C@@H](c2cccc(OCc3ccccc3)c2)/C1=C(\O)c1ccc2c(c1)OCCO2. The third kappa shape index (κ3) is 6.42. The first-order valence-electron chi connectivity index (χ1n) is 14.6. The Morgan fingerprint density at radius 1 is 0.915 bits per heavy atom. The molecule has 12 heteroatoms. The van der Waals surface area contributed by atoms with Gasteiger partial charge in [-0.2, -0.15) is 0 Å². The fourth-order valence-corrected chi connectivity index (χ4v) is 7.11. The molecule has 2 aliphatic rings. The van der Waals surface area contributed by atoms with Crippen molar-refractivity contribution in [2.45, 2.75) is 22.7 Å². The molecule has 0 spiro atoms. The first-order valence-corrected chi connectivity index (χ1v) is 16.4. The number of thioether (sulfide) groups is 1. The number of aromatic nitrogens is 2. The minimum absolute atomic E-state index is 0.109. The number of nitrogens with zero attached hydrogens (tertiary/aromatic N) is 3. The second-order valence-corrected chi connectivity index (χ2v) is 12.8. The summed E-state index contributed by atoms with van der Waals surface area (Å²) in [6.45, 7) is 1.06. The molecule has 0 unspecified atom stereocenters. The number of hydrogen-bond donors (Lipinski definition) is 1. The van der Waals surface area contributed by atoms with Gasteiger partial charge in [0.25, 0.3) is 5.78 Å². The highest BCUT2D eigenvalue weighted by molar-refractivity contribution is 8.00. The van der Waals surface area contributed by atoms with Gasteiger partial charge in [0.1, 0.15) is 37.1 Å². The molecule has 5 aromatic rings. The molecule has 0 saturated carbocycles. The quantitative estimate of drug-likeness (QED) is 0.0587. The van der Waals surface area contributed by atoms with Crippen LogP contribution >= 0.6 is 23.1 Å². The summed E-state index contributed by atoms with van der Waals surface area (Å²) in [5.74, 6) is -0.435. The van der Waals surface area contributed by atoms with Crippen LogP contribution in [0.2, 0.25) is 0 Å². The van der Waals surface area contributed by atoms with E-state index in [0.29, 0.717) is 58.3 Å². The lowest BCUT2D eigenvalue weighted by atomic mass is 9.95. The van der Waals surface area contributed by atoms with Crippen LogP contribution in [0.15, 0.2) is 107 Å². The molecule has 1 amide bonds. The number of anilines is 1. The Bertz CT molecular complexity index is 1980. The van der Waals surface area contributed by atoms with Gasteiger partial charge in [0.05, 0.1) is 11.6 Å². The molecule has 1 atom stereocenters. The Hall–Kier alpha value is -5.20. The smallest absolute Gasteiger partial charge is 0.301 e. The summed E-state index contributed by atoms with van der Waals surface area (Å²) < 4.78 is 31.3. The number of carbonyl (C=O) groups is 2. The largest absolute Gasteiger partial charge is 0.507 e. The van der Waals surface area contributed by atoms with Crippen LogP contribution in [-0.4, -0.2) is 40.2 Å². The average Bonchev–Trinajstić information content (AvgIpc) is 3.68. The van der Waals surface area contributed by atoms with Crippen LogP contribution in [0.3, 0.4) is 0 Å². The topological polar surface area (TPSA) is 111 Å². The van der Waals surface area contributed by atoms with Gasteiger partial charge in [-0.05, 0) is 59.2 Å². The van der Waals surface area contributed by atoms with E-state index in [4.69, 9.17) is 14.2 Å². The summed E-state index contributed by atoms with van der Waals surface area (Å²) in [6, 6.07) is 26.7. The summed E-state index contributed by atoms with van der Waals surface area (Å²) in [5, 5.41) is 20.4. The first-order chi connectivity index (χ1) is 22.9. The Balaban J connectivity index is 1.25. The van der Waals surface area contributed by atoms with Gasteiger partial charge in [-0.15, -0.1) is 10.2 Å². The van der Waals surface area contributed by atoms with Crippen molar-refractivity contribution in [3.8, 4) is 17.2 Å². The van der Waals surface area contributed by atoms with E-state index in [1.54, 1.807) is 54.6 Å². The van der Waals surface area contributed by atoms with Crippen molar-refractivity contribution in [2.75, 3.05) is 18.1 Å². The fourth-order valence-electron chi connectivity index (χ4n) is 5.29. The molecular formula is C35H26FN3O6S2. The number of halogens is 1. The standard InChI is InChI=1S/C35H26FN3O6S2/c36-25-12-9-22(10-13-25)20-46-35-38-37-34(47-35)39-30(23-7-4-8-26(17-23)45-19-21-5-2-1-3-6-21)29(32(41)33(39)42)31(40)24-11-14-27-28(18-24)44-16-15-43-27/h1-14,17-18,30,40H,15-16,19-20H2/b31-29+/t30-/m0/s1. The number of carbonyl (C=O) groups excluding carboxylic acids is 2. The molecule has 0 bridgehead atoms. The summed E-state index contributed by atoms with van der Waals surface area (Å²) in [5.41, 5.74) is 2.58. The van der Waals surface area contributed by atoms with Gasteiger partial charge in [0.15, 0.2) is 15.8 Å². The number of benzene rings is 4. The first kappa shape index (κ1) is 30.5. The number of fused-ring (bicyclic) bond motifs is 1. The van der Waals surface area contributed by atoms with E-state index in [1.165, 1.54) is 28.8 Å². The van der Waals surface area contributed by atoms with Crippen LogP contribution in [0.1, 0.15) is 28.3 Å². The van der Waals surface area contributed by atoms with Crippen molar-refractivity contribution >= 4 is 45.7 Å². The minimum atomic E-state index is -1.04. The number of aliphatic hydroxyl groups excluding tert-OH is 1. The van der Waals surface area contributed by atoms with Crippen LogP contribution in [0.4, 0.5) is 9.52 Å². The highest BCUT2D eigenvalue weighted by Crippen LogP contribution is 2.45. The van der Waals surface area contributed by atoms with Crippen molar-refractivity contribution in [1.29, 1.82) is 0 Å². The Morgan fingerprint density at radius 3 is 2.51 bits per heavy atom. The maximum absolute atomic E-state index is 13.7. The molecular weight excluding hydrogens is 642 g/mol. The molecule has 7 rings (SSSR count). The highest BCUT2D eigenvalue weighted by Gasteiger charge is 2.48. The Morgan fingerprint density at radius 2 is 1.70 bits per heavy atom. The van der Waals surface area contributed by atoms with Gasteiger partial charge in [-0.3, -0.25) is 14.5 Å². The number of aliphatic hydroxyl groups is 1. The number of ketones is 1. The van der Waals surface area contributed by atoms with Crippen LogP contribution in [0.25, 0.3) is 5.76 Å². The van der Waals surface area contributed by atoms with Crippen molar-refractivity contribution in [3.05, 3.63) is 131 Å². The van der Waals surface area contributed by atoms with E-state index in [-0.39, 0.29) is 22.3 Å². The van der Waals surface area contributed by atoms with E-state index >= 15 is 0 Å². The maximum atomic E-state index is 13.7. The molecule has 1 saturated heterocycles. The normalized spacial score (nSPS) is 16.8. The van der Waals surface area contributed by atoms with Crippen molar-refractivity contribution in [2.24, 2.45) is 0 Å². The molecule has 0 radical (unpaired) electrons. The maximum Gasteiger partial charge on any atom is 0.301 e. The van der Waals surface area contributed by atoms with Gasteiger partial charge < -0.3 is 19.3 Å². The van der Waals surface area contributed by atoms with Crippen LogP contribution < -0.4 is 19.1 Å². The van der Waals surface area contributed by atoms with Crippen molar-refractivity contribution in [3.63, 3.8) is 0 Å². The third-order valence-corrected chi connectivity index (χ3v) is 9.69. The van der Waals surface area contributed by atoms with E-state index in [1.807, 2.05) is 30.3 Å².